The van der Waals surface area contributed by atoms with Gasteiger partial charge >= 0.3 is 0 Å². The molecule has 2 N–H and O–H groups in total. The summed E-state index contributed by atoms with van der Waals surface area (Å²) in [4.78, 5) is 0. The van der Waals surface area contributed by atoms with Crippen LogP contribution in [0.1, 0.15) is 38.2 Å². The molecule has 1 nitrogen and oxygen atoms in total. The number of nitrogens with two attached hydrogens (primary N) is 1. The van der Waals surface area contributed by atoms with Crippen LogP contribution in [-0.2, 0) is 6.42 Å². The Balaban J connectivity index is 1.85. The van der Waals surface area contributed by atoms with Gasteiger partial charge in [0.2, 0.25) is 0 Å². The summed E-state index contributed by atoms with van der Waals surface area (Å²) in [6.45, 7) is 2.27. The van der Waals surface area contributed by atoms with Crippen molar-refractivity contribution in [3.8, 4) is 0 Å². The zero-order valence-corrected chi connectivity index (χ0v) is 15.9. The Morgan fingerprint density at radius 3 is 2.11 bits per heavy atom. The molecule has 0 amide bonds. The number of fused-ring (bicyclic) bond motifs is 2. The summed E-state index contributed by atoms with van der Waals surface area (Å²) < 4.78 is 0. The lowest BCUT2D eigenvalue weighted by molar-refractivity contribution is 0.667. The molecule has 5 rings (SSSR count). The van der Waals surface area contributed by atoms with E-state index in [2.05, 4.69) is 67.6 Å². The van der Waals surface area contributed by atoms with E-state index in [1.165, 1.54) is 74.3 Å². The highest BCUT2D eigenvalue weighted by molar-refractivity contribution is 6.33. The summed E-state index contributed by atoms with van der Waals surface area (Å²) in [6.07, 6.45) is 6.32. The van der Waals surface area contributed by atoms with Crippen molar-refractivity contribution in [1.29, 1.82) is 0 Å². The van der Waals surface area contributed by atoms with Crippen LogP contribution in [0, 0.1) is 0 Å². The van der Waals surface area contributed by atoms with E-state index in [1.807, 2.05) is 0 Å². The number of unbranched alkanes of at least 4 members (excludes halogenated alkanes) is 3. The maximum absolute atomic E-state index is 6.31. The molecule has 0 unspecified atom stereocenters. The molecule has 0 bridgehead atoms. The minimum absolute atomic E-state index is 0.850. The monoisotopic (exact) mass is 351 g/mol. The lowest BCUT2D eigenvalue weighted by atomic mass is 9.88. The number of aryl methyl sites for hydroxylation is 1. The van der Waals surface area contributed by atoms with Gasteiger partial charge in [0.15, 0.2) is 0 Å². The fraction of sp³-hybridized carbons (Fsp3) is 0.231. The lowest BCUT2D eigenvalue weighted by Gasteiger charge is -2.16. The quantitative estimate of drug-likeness (QED) is 0.151. The molecule has 134 valence electrons. The van der Waals surface area contributed by atoms with Gasteiger partial charge < -0.3 is 5.73 Å². The molecule has 0 aliphatic rings. The second-order valence-corrected chi connectivity index (χ2v) is 7.83. The minimum atomic E-state index is 0.850. The first kappa shape index (κ1) is 16.4. The molecule has 5 aromatic carbocycles. The lowest BCUT2D eigenvalue weighted by Crippen LogP contribution is -1.93. The molecule has 0 aliphatic heterocycles. The van der Waals surface area contributed by atoms with Crippen molar-refractivity contribution >= 4 is 48.8 Å². The van der Waals surface area contributed by atoms with Crippen LogP contribution in [0.3, 0.4) is 0 Å². The van der Waals surface area contributed by atoms with E-state index in [1.54, 1.807) is 0 Å². The fourth-order valence-corrected chi connectivity index (χ4v) is 4.72. The molecule has 27 heavy (non-hydrogen) atoms. The largest absolute Gasteiger partial charge is 0.399 e. The standard InChI is InChI=1S/C26H25N/c1-2-3-4-5-8-17-13-19-15-20(27)16-24-22-12-7-10-18-9-6-11-21(25(18)22)23(14-17)26(19)24/h6-7,9-16H,2-5,8,27H2,1H3. The van der Waals surface area contributed by atoms with Crippen LogP contribution in [0.5, 0.6) is 0 Å². The normalized spacial score (nSPS) is 12.0. The summed E-state index contributed by atoms with van der Waals surface area (Å²) in [6, 6.07) is 22.4. The summed E-state index contributed by atoms with van der Waals surface area (Å²) in [5, 5.41) is 10.6. The molecule has 1 heteroatoms. The zero-order valence-electron chi connectivity index (χ0n) is 15.9. The average Bonchev–Trinajstić information content (AvgIpc) is 2.68. The Kier molecular flexibility index (Phi) is 3.89. The van der Waals surface area contributed by atoms with Gasteiger partial charge in [-0.15, -0.1) is 0 Å². The predicted molar refractivity (Wildman–Crippen MR) is 120 cm³/mol. The molecular weight excluding hydrogens is 326 g/mol. The Morgan fingerprint density at radius 2 is 1.37 bits per heavy atom. The Labute approximate surface area is 160 Å². The first-order valence-electron chi connectivity index (χ1n) is 10.1. The van der Waals surface area contributed by atoms with Gasteiger partial charge in [-0.1, -0.05) is 74.7 Å². The molecule has 0 heterocycles. The minimum Gasteiger partial charge on any atom is -0.399 e. The fourth-order valence-electron chi connectivity index (χ4n) is 4.72. The molecule has 0 saturated heterocycles. The van der Waals surface area contributed by atoms with Crippen molar-refractivity contribution in [2.24, 2.45) is 0 Å². The van der Waals surface area contributed by atoms with Gasteiger partial charge in [-0.25, -0.2) is 0 Å². The van der Waals surface area contributed by atoms with Crippen LogP contribution < -0.4 is 5.73 Å². The smallest absolute Gasteiger partial charge is 0.0326 e. The van der Waals surface area contributed by atoms with E-state index < -0.39 is 0 Å². The number of rotatable bonds is 5. The number of hydrogen-bond donors (Lipinski definition) is 1. The second kappa shape index (κ2) is 6.42. The van der Waals surface area contributed by atoms with Crippen LogP contribution in [0.2, 0.25) is 0 Å². The van der Waals surface area contributed by atoms with Crippen molar-refractivity contribution in [3.63, 3.8) is 0 Å². The van der Waals surface area contributed by atoms with Gasteiger partial charge in [0.1, 0.15) is 0 Å². The molecule has 5 aromatic rings. The number of nitrogen functional groups attached to an aromatic ring is 1. The van der Waals surface area contributed by atoms with Crippen LogP contribution in [0.25, 0.3) is 43.1 Å². The first-order valence-corrected chi connectivity index (χ1v) is 10.1. The van der Waals surface area contributed by atoms with Gasteiger partial charge in [-0.3, -0.25) is 0 Å². The molecule has 0 saturated carbocycles. The Hall–Kier alpha value is -2.80. The van der Waals surface area contributed by atoms with Crippen molar-refractivity contribution in [2.45, 2.75) is 39.0 Å². The van der Waals surface area contributed by atoms with E-state index in [0.29, 0.717) is 0 Å². The Bertz CT molecular complexity index is 1260. The van der Waals surface area contributed by atoms with Gasteiger partial charge in [0.05, 0.1) is 0 Å². The van der Waals surface area contributed by atoms with Crippen molar-refractivity contribution < 1.29 is 0 Å². The van der Waals surface area contributed by atoms with Gasteiger partial charge in [0.25, 0.3) is 0 Å². The zero-order chi connectivity index (χ0) is 18.4. The summed E-state index contributed by atoms with van der Waals surface area (Å²) in [5.74, 6) is 0. The highest BCUT2D eigenvalue weighted by Gasteiger charge is 2.14. The third-order valence-corrected chi connectivity index (χ3v) is 5.94. The Morgan fingerprint density at radius 1 is 0.667 bits per heavy atom. The van der Waals surface area contributed by atoms with Crippen LogP contribution in [0.4, 0.5) is 5.69 Å². The van der Waals surface area contributed by atoms with Crippen LogP contribution in [-0.4, -0.2) is 0 Å². The van der Waals surface area contributed by atoms with Gasteiger partial charge in [-0.05, 0) is 73.6 Å². The molecular formula is C26H25N. The SMILES string of the molecule is CCCCCCc1cc2cc(N)cc3c4cccc5cccc(c(c1)c23)c54. The van der Waals surface area contributed by atoms with Crippen molar-refractivity contribution in [2.75, 3.05) is 5.73 Å². The topological polar surface area (TPSA) is 26.0 Å². The van der Waals surface area contributed by atoms with E-state index in [4.69, 9.17) is 5.73 Å². The van der Waals surface area contributed by atoms with Crippen molar-refractivity contribution in [3.05, 3.63) is 66.2 Å². The molecule has 0 aliphatic carbocycles. The van der Waals surface area contributed by atoms with Crippen molar-refractivity contribution in [1.82, 2.24) is 0 Å². The number of hydrogen-bond acceptors (Lipinski definition) is 1. The van der Waals surface area contributed by atoms with E-state index in [0.717, 1.165) is 12.1 Å². The second-order valence-electron chi connectivity index (χ2n) is 7.83. The van der Waals surface area contributed by atoms with E-state index >= 15 is 0 Å². The third-order valence-electron chi connectivity index (χ3n) is 5.94. The van der Waals surface area contributed by atoms with Gasteiger partial charge in [0, 0.05) is 5.69 Å². The molecule has 0 atom stereocenters. The maximum atomic E-state index is 6.31. The van der Waals surface area contributed by atoms with Crippen LogP contribution >= 0.6 is 0 Å². The molecule has 0 fully saturated rings. The van der Waals surface area contributed by atoms with Gasteiger partial charge in [-0.2, -0.15) is 0 Å². The molecule has 0 aromatic heterocycles. The van der Waals surface area contributed by atoms with E-state index in [-0.39, 0.29) is 0 Å². The average molecular weight is 351 g/mol. The predicted octanol–water partition coefficient (Wildman–Crippen LogP) is 7.44. The summed E-state index contributed by atoms with van der Waals surface area (Å²) >= 11 is 0. The first-order chi connectivity index (χ1) is 13.3. The third kappa shape index (κ3) is 2.61. The highest BCUT2D eigenvalue weighted by Crippen LogP contribution is 2.41. The van der Waals surface area contributed by atoms with E-state index in [9.17, 15) is 0 Å². The summed E-state index contributed by atoms with van der Waals surface area (Å²) in [7, 11) is 0. The number of benzene rings is 5. The number of anilines is 1. The molecule has 0 radical (unpaired) electrons. The van der Waals surface area contributed by atoms with Crippen LogP contribution in [0.15, 0.2) is 60.7 Å². The summed E-state index contributed by atoms with van der Waals surface area (Å²) in [5.41, 5.74) is 8.59. The highest BCUT2D eigenvalue weighted by atomic mass is 14.5. The molecule has 0 spiro atoms. The maximum Gasteiger partial charge on any atom is 0.0326 e.